The SMILES string of the molecule is Cc1c(N)cc(Cl)cc1S(=O)(=O)NC1CNC(=O)C1. The van der Waals surface area contributed by atoms with E-state index in [1.165, 1.54) is 12.1 Å². The Morgan fingerprint density at radius 2 is 2.16 bits per heavy atom. The van der Waals surface area contributed by atoms with Gasteiger partial charge in [-0.15, -0.1) is 0 Å². The molecule has 1 aromatic rings. The lowest BCUT2D eigenvalue weighted by Gasteiger charge is -2.14. The van der Waals surface area contributed by atoms with Crippen LogP contribution < -0.4 is 15.8 Å². The minimum absolute atomic E-state index is 0.0387. The van der Waals surface area contributed by atoms with Crippen LogP contribution in [0.5, 0.6) is 0 Å². The van der Waals surface area contributed by atoms with Gasteiger partial charge in [-0.1, -0.05) is 11.6 Å². The summed E-state index contributed by atoms with van der Waals surface area (Å²) in [5.74, 6) is -0.171. The van der Waals surface area contributed by atoms with Crippen LogP contribution in [0.1, 0.15) is 12.0 Å². The predicted octanol–water partition coefficient (Wildman–Crippen LogP) is 0.397. The third kappa shape index (κ3) is 2.99. The molecule has 4 N–H and O–H groups in total. The van der Waals surface area contributed by atoms with Crippen LogP contribution in [0.4, 0.5) is 5.69 Å². The molecule has 1 atom stereocenters. The molecule has 1 aliphatic rings. The summed E-state index contributed by atoms with van der Waals surface area (Å²) >= 11 is 5.83. The van der Waals surface area contributed by atoms with Crippen LogP contribution >= 0.6 is 11.6 Å². The summed E-state index contributed by atoms with van der Waals surface area (Å²) in [6, 6.07) is 2.40. The van der Waals surface area contributed by atoms with Crippen LogP contribution in [0.15, 0.2) is 17.0 Å². The molecule has 2 rings (SSSR count). The molecule has 1 aromatic carbocycles. The number of nitrogen functional groups attached to an aromatic ring is 1. The van der Waals surface area contributed by atoms with Crippen molar-refractivity contribution in [2.45, 2.75) is 24.3 Å². The molecule has 0 radical (unpaired) electrons. The van der Waals surface area contributed by atoms with Gasteiger partial charge in [0.05, 0.1) is 4.90 Å². The van der Waals surface area contributed by atoms with Gasteiger partial charge in [-0.25, -0.2) is 13.1 Å². The second-order valence-electron chi connectivity index (χ2n) is 4.44. The number of rotatable bonds is 3. The largest absolute Gasteiger partial charge is 0.398 e. The van der Waals surface area contributed by atoms with Gasteiger partial charge in [-0.05, 0) is 24.6 Å². The molecule has 1 saturated heterocycles. The molecule has 0 bridgehead atoms. The standard InChI is InChI=1S/C11H14ClN3O3S/c1-6-9(13)2-7(12)3-10(6)19(17,18)15-8-4-11(16)14-5-8/h2-3,8,15H,4-5,13H2,1H3,(H,14,16). The highest BCUT2D eigenvalue weighted by atomic mass is 35.5. The number of nitrogens with one attached hydrogen (secondary N) is 2. The lowest BCUT2D eigenvalue weighted by Crippen LogP contribution is -2.36. The third-order valence-electron chi connectivity index (χ3n) is 2.95. The van der Waals surface area contributed by atoms with E-state index in [2.05, 4.69) is 10.0 Å². The normalized spacial score (nSPS) is 19.5. The fourth-order valence-electron chi connectivity index (χ4n) is 1.92. The Labute approximate surface area is 116 Å². The number of carbonyl (C=O) groups excluding carboxylic acids is 1. The third-order valence-corrected chi connectivity index (χ3v) is 4.82. The summed E-state index contributed by atoms with van der Waals surface area (Å²) in [6.07, 6.45) is 0.133. The highest BCUT2D eigenvalue weighted by Crippen LogP contribution is 2.26. The van der Waals surface area contributed by atoms with E-state index in [4.69, 9.17) is 17.3 Å². The molecule has 19 heavy (non-hydrogen) atoms. The Balaban J connectivity index is 2.32. The van der Waals surface area contributed by atoms with E-state index < -0.39 is 16.1 Å². The van der Waals surface area contributed by atoms with Crippen molar-refractivity contribution in [3.63, 3.8) is 0 Å². The van der Waals surface area contributed by atoms with Gasteiger partial charge < -0.3 is 11.1 Å². The first-order valence-electron chi connectivity index (χ1n) is 5.64. The van der Waals surface area contributed by atoms with Gasteiger partial charge in [-0.2, -0.15) is 0 Å². The summed E-state index contributed by atoms with van der Waals surface area (Å²) < 4.78 is 27.0. The van der Waals surface area contributed by atoms with Crippen molar-refractivity contribution in [1.29, 1.82) is 0 Å². The molecule has 1 amide bonds. The van der Waals surface area contributed by atoms with E-state index in [1.54, 1.807) is 6.92 Å². The lowest BCUT2D eigenvalue weighted by atomic mass is 10.2. The first-order chi connectivity index (χ1) is 8.79. The van der Waals surface area contributed by atoms with Gasteiger partial charge in [0.15, 0.2) is 0 Å². The zero-order valence-corrected chi connectivity index (χ0v) is 11.8. The molecule has 8 heteroatoms. The maximum absolute atomic E-state index is 12.3. The van der Waals surface area contributed by atoms with Crippen LogP contribution in [0, 0.1) is 6.92 Å². The number of amides is 1. The first-order valence-corrected chi connectivity index (χ1v) is 7.50. The Bertz CT molecular complexity index is 630. The molecular weight excluding hydrogens is 290 g/mol. The van der Waals surface area contributed by atoms with Gasteiger partial charge in [-0.3, -0.25) is 4.79 Å². The van der Waals surface area contributed by atoms with Gasteiger partial charge in [0.1, 0.15) is 0 Å². The Kier molecular flexibility index (Phi) is 3.71. The van der Waals surface area contributed by atoms with Crippen molar-refractivity contribution < 1.29 is 13.2 Å². The number of hydrogen-bond acceptors (Lipinski definition) is 4. The molecule has 1 fully saturated rings. The summed E-state index contributed by atoms with van der Waals surface area (Å²) in [5, 5.41) is 2.82. The monoisotopic (exact) mass is 303 g/mol. The fourth-order valence-corrected chi connectivity index (χ4v) is 3.75. The number of benzene rings is 1. The van der Waals surface area contributed by atoms with Gasteiger partial charge in [0, 0.05) is 29.7 Å². The van der Waals surface area contributed by atoms with Crippen molar-refractivity contribution >= 4 is 33.2 Å². The van der Waals surface area contributed by atoms with Crippen LogP contribution in [0.25, 0.3) is 0 Å². The van der Waals surface area contributed by atoms with Crippen molar-refractivity contribution in [3.8, 4) is 0 Å². The van der Waals surface area contributed by atoms with E-state index in [0.717, 1.165) is 0 Å². The predicted molar refractivity (Wildman–Crippen MR) is 72.3 cm³/mol. The molecule has 0 spiro atoms. The quantitative estimate of drug-likeness (QED) is 0.703. The van der Waals surface area contributed by atoms with Crippen molar-refractivity contribution in [1.82, 2.24) is 10.0 Å². The number of hydrogen-bond donors (Lipinski definition) is 3. The molecule has 1 aliphatic heterocycles. The summed E-state index contributed by atoms with van der Waals surface area (Å²) in [5.41, 5.74) is 6.46. The second-order valence-corrected chi connectivity index (χ2v) is 6.56. The van der Waals surface area contributed by atoms with E-state index >= 15 is 0 Å². The molecule has 1 heterocycles. The minimum Gasteiger partial charge on any atom is -0.398 e. The van der Waals surface area contributed by atoms with Gasteiger partial charge >= 0.3 is 0 Å². The first kappa shape index (κ1) is 14.1. The Morgan fingerprint density at radius 1 is 1.47 bits per heavy atom. The average Bonchev–Trinajstić information content (AvgIpc) is 2.68. The summed E-state index contributed by atoms with van der Waals surface area (Å²) in [7, 11) is -3.75. The highest BCUT2D eigenvalue weighted by Gasteiger charge is 2.28. The molecule has 0 saturated carbocycles. The van der Waals surface area contributed by atoms with E-state index in [-0.39, 0.29) is 28.8 Å². The smallest absolute Gasteiger partial charge is 0.241 e. The maximum atomic E-state index is 12.3. The van der Waals surface area contributed by atoms with Crippen LogP contribution in [0.2, 0.25) is 5.02 Å². The second kappa shape index (κ2) is 4.99. The molecule has 1 unspecified atom stereocenters. The van der Waals surface area contributed by atoms with Crippen molar-refractivity contribution in [3.05, 3.63) is 22.7 Å². The average molecular weight is 304 g/mol. The minimum atomic E-state index is -3.75. The van der Waals surface area contributed by atoms with Crippen LogP contribution in [0.3, 0.4) is 0 Å². The highest BCUT2D eigenvalue weighted by molar-refractivity contribution is 7.89. The maximum Gasteiger partial charge on any atom is 0.241 e. The lowest BCUT2D eigenvalue weighted by molar-refractivity contribution is -0.119. The number of carbonyl (C=O) groups is 1. The number of sulfonamides is 1. The van der Waals surface area contributed by atoms with Crippen LogP contribution in [-0.2, 0) is 14.8 Å². The summed E-state index contributed by atoms with van der Waals surface area (Å²) in [6.45, 7) is 1.89. The van der Waals surface area contributed by atoms with Gasteiger partial charge in [0.2, 0.25) is 15.9 Å². The van der Waals surface area contributed by atoms with Crippen molar-refractivity contribution in [2.75, 3.05) is 12.3 Å². The zero-order valence-electron chi connectivity index (χ0n) is 10.2. The summed E-state index contributed by atoms with van der Waals surface area (Å²) in [4.78, 5) is 11.1. The Morgan fingerprint density at radius 3 is 2.74 bits per heavy atom. The molecule has 0 aromatic heterocycles. The zero-order chi connectivity index (χ0) is 14.2. The van der Waals surface area contributed by atoms with E-state index in [0.29, 0.717) is 11.3 Å². The van der Waals surface area contributed by atoms with E-state index in [9.17, 15) is 13.2 Å². The number of anilines is 1. The molecular formula is C11H14ClN3O3S. The fraction of sp³-hybridized carbons (Fsp3) is 0.364. The molecule has 6 nitrogen and oxygen atoms in total. The van der Waals surface area contributed by atoms with Crippen LogP contribution in [-0.4, -0.2) is 26.9 Å². The topological polar surface area (TPSA) is 101 Å². The number of halogens is 1. The Hall–Kier alpha value is -1.31. The molecule has 104 valence electrons. The molecule has 0 aliphatic carbocycles. The van der Waals surface area contributed by atoms with Crippen molar-refractivity contribution in [2.24, 2.45) is 0 Å². The van der Waals surface area contributed by atoms with Gasteiger partial charge in [0.25, 0.3) is 0 Å². The van der Waals surface area contributed by atoms with E-state index in [1.807, 2.05) is 0 Å². The number of nitrogens with two attached hydrogens (primary N) is 1.